The van der Waals surface area contributed by atoms with Gasteiger partial charge in [0.2, 0.25) is 0 Å². The van der Waals surface area contributed by atoms with Crippen molar-refractivity contribution in [1.29, 1.82) is 0 Å². The first-order valence-corrected chi connectivity index (χ1v) is 14.5. The molecule has 3 heterocycles. The van der Waals surface area contributed by atoms with Crippen LogP contribution in [-0.2, 0) is 5.41 Å². The van der Waals surface area contributed by atoms with Crippen molar-refractivity contribution >= 4 is 67.8 Å². The lowest BCUT2D eigenvalue weighted by Crippen LogP contribution is -2.45. The molecule has 0 unspecified atom stereocenters. The summed E-state index contributed by atoms with van der Waals surface area (Å²) in [5, 5.41) is 5.07. The number of para-hydroxylation sites is 3. The predicted octanol–water partition coefficient (Wildman–Crippen LogP) is 8.53. The third-order valence-corrected chi connectivity index (χ3v) is 9.42. The second-order valence-corrected chi connectivity index (χ2v) is 12.2. The molecular weight excluding hydrogens is 495 g/mol. The van der Waals surface area contributed by atoms with E-state index in [4.69, 9.17) is 0 Å². The highest BCUT2D eigenvalue weighted by molar-refractivity contribution is 6.73. The summed E-state index contributed by atoms with van der Waals surface area (Å²) >= 11 is 0. The Labute approximate surface area is 240 Å². The van der Waals surface area contributed by atoms with Gasteiger partial charge in [-0.05, 0) is 69.7 Å². The highest BCUT2D eigenvalue weighted by atomic mass is 15.2. The predicted molar refractivity (Wildman–Crippen MR) is 175 cm³/mol. The van der Waals surface area contributed by atoms with E-state index in [1.54, 1.807) is 0 Å². The second-order valence-electron chi connectivity index (χ2n) is 12.2. The highest BCUT2D eigenvalue weighted by Gasteiger charge is 2.40. The zero-order valence-corrected chi connectivity index (χ0v) is 23.4. The summed E-state index contributed by atoms with van der Waals surface area (Å²) in [5.74, 6) is 0. The first-order chi connectivity index (χ1) is 20.0. The molecule has 2 aliphatic heterocycles. The van der Waals surface area contributed by atoms with Gasteiger partial charge in [0.1, 0.15) is 0 Å². The summed E-state index contributed by atoms with van der Waals surface area (Å²) in [6.45, 7) is 6.94. The molecule has 1 radical (unpaired) electrons. The molecule has 0 saturated heterocycles. The maximum absolute atomic E-state index is 3.83. The van der Waals surface area contributed by atoms with Gasteiger partial charge in [-0.15, -0.1) is 0 Å². The van der Waals surface area contributed by atoms with Crippen molar-refractivity contribution in [2.45, 2.75) is 26.2 Å². The Kier molecular flexibility index (Phi) is 4.44. The van der Waals surface area contributed by atoms with Crippen LogP contribution < -0.4 is 15.8 Å². The standard InChI is InChI=1S/C38H28BN2/c1-22-18-28(26-13-8-12-25-27-20-23-10-4-5-11-24(23)21-32(27)40-36(25)26)35-34(19-22)41-33-17-7-6-14-29(33)38(2,3)30-15-9-16-31(39-35)37(30)41/h4-21,40H,1-3H3. The van der Waals surface area contributed by atoms with Gasteiger partial charge in [-0.25, -0.2) is 0 Å². The number of nitrogens with one attached hydrogen (secondary N) is 1. The lowest BCUT2D eigenvalue weighted by Gasteiger charge is -2.46. The molecule has 0 amide bonds. The van der Waals surface area contributed by atoms with Gasteiger partial charge in [0.05, 0.1) is 11.2 Å². The number of rotatable bonds is 1. The number of H-pyrrole nitrogens is 1. The molecule has 6 aromatic carbocycles. The van der Waals surface area contributed by atoms with Crippen molar-refractivity contribution in [1.82, 2.24) is 4.98 Å². The summed E-state index contributed by atoms with van der Waals surface area (Å²) in [7, 11) is 2.42. The summed E-state index contributed by atoms with van der Waals surface area (Å²) in [5.41, 5.74) is 15.2. The minimum Gasteiger partial charge on any atom is -0.354 e. The molecule has 193 valence electrons. The summed E-state index contributed by atoms with van der Waals surface area (Å²) in [6, 6.07) is 40.5. The van der Waals surface area contributed by atoms with E-state index in [0.717, 1.165) is 0 Å². The van der Waals surface area contributed by atoms with Gasteiger partial charge in [-0.3, -0.25) is 0 Å². The van der Waals surface area contributed by atoms with Crippen LogP contribution in [0.4, 0.5) is 17.1 Å². The monoisotopic (exact) mass is 523 g/mol. The molecule has 0 fully saturated rings. The van der Waals surface area contributed by atoms with Crippen molar-refractivity contribution in [2.75, 3.05) is 4.90 Å². The van der Waals surface area contributed by atoms with Crippen LogP contribution in [0.1, 0.15) is 30.5 Å². The number of aromatic nitrogens is 1. The average Bonchev–Trinajstić information content (AvgIpc) is 3.35. The molecule has 7 aromatic rings. The van der Waals surface area contributed by atoms with Gasteiger partial charge in [0.15, 0.2) is 7.28 Å². The van der Waals surface area contributed by atoms with Crippen LogP contribution in [0.25, 0.3) is 43.7 Å². The van der Waals surface area contributed by atoms with Crippen LogP contribution in [0.2, 0.25) is 0 Å². The van der Waals surface area contributed by atoms with E-state index in [1.165, 1.54) is 88.4 Å². The fourth-order valence-electron chi connectivity index (χ4n) is 7.48. The maximum atomic E-state index is 3.83. The number of aromatic amines is 1. The Balaban J connectivity index is 1.34. The molecule has 0 aliphatic carbocycles. The number of fused-ring (bicyclic) bond motifs is 8. The molecule has 0 atom stereocenters. The van der Waals surface area contributed by atoms with Gasteiger partial charge >= 0.3 is 0 Å². The van der Waals surface area contributed by atoms with Crippen LogP contribution in [-0.4, -0.2) is 12.3 Å². The quantitative estimate of drug-likeness (QED) is 0.214. The van der Waals surface area contributed by atoms with E-state index in [0.29, 0.717) is 0 Å². The Morgan fingerprint density at radius 3 is 2.29 bits per heavy atom. The van der Waals surface area contributed by atoms with Crippen LogP contribution >= 0.6 is 0 Å². The van der Waals surface area contributed by atoms with Crippen molar-refractivity contribution in [2.24, 2.45) is 0 Å². The molecule has 41 heavy (non-hydrogen) atoms. The number of anilines is 3. The fourth-order valence-corrected chi connectivity index (χ4v) is 7.48. The van der Waals surface area contributed by atoms with Crippen LogP contribution in [0.5, 0.6) is 0 Å². The summed E-state index contributed by atoms with van der Waals surface area (Å²) in [6.07, 6.45) is 0. The number of hydrogen-bond donors (Lipinski definition) is 1. The maximum Gasteiger partial charge on any atom is 0.197 e. The third kappa shape index (κ3) is 3.04. The zero-order chi connectivity index (χ0) is 27.5. The van der Waals surface area contributed by atoms with E-state index >= 15 is 0 Å². The fraction of sp³-hybridized carbons (Fsp3) is 0.105. The topological polar surface area (TPSA) is 19.0 Å². The lowest BCUT2D eigenvalue weighted by atomic mass is 9.56. The number of benzene rings is 6. The number of hydrogen-bond acceptors (Lipinski definition) is 1. The van der Waals surface area contributed by atoms with Crippen molar-refractivity contribution in [3.05, 3.63) is 126 Å². The van der Waals surface area contributed by atoms with Crippen molar-refractivity contribution in [3.8, 4) is 11.1 Å². The number of aryl methyl sites for hydroxylation is 1. The van der Waals surface area contributed by atoms with E-state index in [1.807, 2.05) is 0 Å². The molecule has 1 aromatic heterocycles. The Bertz CT molecular complexity index is 2240. The minimum atomic E-state index is -0.0735. The smallest absolute Gasteiger partial charge is 0.197 e. The SMILES string of the molecule is Cc1cc(-c2cccc3c2[nH]c2cc4ccccc4cc23)c2c(c1)N1c3ccccc3C(C)(C)c3cccc(c31)[B]2. The molecule has 1 N–H and O–H groups in total. The zero-order valence-electron chi connectivity index (χ0n) is 23.4. The van der Waals surface area contributed by atoms with Gasteiger partial charge in [-0.2, -0.15) is 0 Å². The van der Waals surface area contributed by atoms with Crippen molar-refractivity contribution < 1.29 is 0 Å². The van der Waals surface area contributed by atoms with E-state index < -0.39 is 0 Å². The van der Waals surface area contributed by atoms with Gasteiger partial charge < -0.3 is 9.88 Å². The minimum absolute atomic E-state index is 0.0735. The van der Waals surface area contributed by atoms with Gasteiger partial charge in [-0.1, -0.05) is 104 Å². The molecule has 2 nitrogen and oxygen atoms in total. The Morgan fingerprint density at radius 1 is 0.659 bits per heavy atom. The van der Waals surface area contributed by atoms with Crippen molar-refractivity contribution in [3.63, 3.8) is 0 Å². The first-order valence-electron chi connectivity index (χ1n) is 14.5. The summed E-state index contributed by atoms with van der Waals surface area (Å²) < 4.78 is 0. The molecule has 3 heteroatoms. The molecule has 9 rings (SSSR count). The van der Waals surface area contributed by atoms with E-state index in [-0.39, 0.29) is 5.41 Å². The molecular formula is C38H28BN2. The van der Waals surface area contributed by atoms with Crippen LogP contribution in [0.15, 0.2) is 109 Å². The summed E-state index contributed by atoms with van der Waals surface area (Å²) in [4.78, 5) is 6.35. The van der Waals surface area contributed by atoms with E-state index in [2.05, 4.69) is 147 Å². The average molecular weight is 523 g/mol. The first kappa shape index (κ1) is 23.0. The highest BCUT2D eigenvalue weighted by Crippen LogP contribution is 2.52. The molecule has 2 aliphatic rings. The molecule has 0 saturated carbocycles. The molecule has 0 bridgehead atoms. The number of nitrogens with zero attached hydrogens (tertiary/aromatic N) is 1. The Morgan fingerprint density at radius 2 is 1.41 bits per heavy atom. The van der Waals surface area contributed by atoms with E-state index in [9.17, 15) is 0 Å². The third-order valence-electron chi connectivity index (χ3n) is 9.42. The Hall–Kier alpha value is -4.76. The van der Waals surface area contributed by atoms with Gasteiger partial charge in [0, 0.05) is 38.6 Å². The van der Waals surface area contributed by atoms with Gasteiger partial charge in [0.25, 0.3) is 0 Å². The van der Waals surface area contributed by atoms with Crippen LogP contribution in [0.3, 0.4) is 0 Å². The second kappa shape index (κ2) is 7.92. The normalized spacial score (nSPS) is 14.6. The largest absolute Gasteiger partial charge is 0.354 e. The van der Waals surface area contributed by atoms with Crippen LogP contribution in [0, 0.1) is 6.92 Å². The lowest BCUT2D eigenvalue weighted by molar-refractivity contribution is 0.632. The molecule has 0 spiro atoms.